The Hall–Kier alpha value is -3.76. The highest BCUT2D eigenvalue weighted by Crippen LogP contribution is 2.49. The topological polar surface area (TPSA) is 106 Å². The van der Waals surface area contributed by atoms with Gasteiger partial charge in [0.1, 0.15) is 11.4 Å². The molecule has 1 saturated heterocycles. The average molecular weight is 548 g/mol. The first-order valence-corrected chi connectivity index (χ1v) is 13.6. The number of rotatable bonds is 5. The van der Waals surface area contributed by atoms with Gasteiger partial charge in [0.15, 0.2) is 0 Å². The lowest BCUT2D eigenvalue weighted by Gasteiger charge is -2.41. The molecule has 1 amide bonds. The van der Waals surface area contributed by atoms with Crippen LogP contribution in [0.25, 0.3) is 10.9 Å². The largest absolute Gasteiger partial charge is 0.477 e. The number of carboxylic acids is 1. The lowest BCUT2D eigenvalue weighted by molar-refractivity contribution is -0.266. The Bertz CT molecular complexity index is 1630. The number of pyridine rings is 1. The van der Waals surface area contributed by atoms with Crippen LogP contribution >= 0.6 is 0 Å². The summed E-state index contributed by atoms with van der Waals surface area (Å²) >= 11 is 0. The fourth-order valence-corrected chi connectivity index (χ4v) is 6.57. The Balaban J connectivity index is 1.41. The first kappa shape index (κ1) is 26.5. The number of amides is 1. The van der Waals surface area contributed by atoms with Crippen molar-refractivity contribution < 1.29 is 24.3 Å². The highest BCUT2D eigenvalue weighted by Gasteiger charge is 2.50. The molecule has 10 heteroatoms. The molecular weight excluding hydrogens is 515 g/mol. The maximum absolute atomic E-state index is 15.6. The number of nitrogens with zero attached hydrogens (tertiary/aromatic N) is 4. The Morgan fingerprint density at radius 2 is 1.75 bits per heavy atom. The highest BCUT2D eigenvalue weighted by molar-refractivity contribution is 5.93. The standard InChI is InChI=1S/C30H32FN4O5/c1-29(2)21-8-5-17(11-22(21)30(3,4)35(29)40)26-15-32(9-10-33(26)16-36)25-13-24-19(12-23(25)31)27(37)20(28(38)39)14-34(24)18-6-7-18/h5,8,11-14,16,18,26H,6-7,9-10,15H2,1-4H3,(H,38,39). The quantitative estimate of drug-likeness (QED) is 0.477. The lowest BCUT2D eigenvalue weighted by Crippen LogP contribution is -2.48. The monoisotopic (exact) mass is 547 g/mol. The molecular formula is C30H32FN4O5. The van der Waals surface area contributed by atoms with E-state index < -0.39 is 28.3 Å². The van der Waals surface area contributed by atoms with E-state index in [1.807, 2.05) is 50.8 Å². The van der Waals surface area contributed by atoms with Gasteiger partial charge >= 0.3 is 5.97 Å². The number of fused-ring (bicyclic) bond motifs is 2. The fourth-order valence-electron chi connectivity index (χ4n) is 6.57. The summed E-state index contributed by atoms with van der Waals surface area (Å²) in [7, 11) is 0. The van der Waals surface area contributed by atoms with Crippen LogP contribution in [-0.4, -0.2) is 51.7 Å². The summed E-state index contributed by atoms with van der Waals surface area (Å²) in [6, 6.07) is 8.35. The normalized spacial score (nSPS) is 22.0. The second-order valence-electron chi connectivity index (χ2n) is 12.2. The number of aromatic carboxylic acids is 1. The molecule has 1 saturated carbocycles. The van der Waals surface area contributed by atoms with Crippen LogP contribution in [-0.2, 0) is 21.1 Å². The maximum atomic E-state index is 15.6. The number of carboxylic acid groups (broad SMARTS) is 1. The van der Waals surface area contributed by atoms with E-state index >= 15 is 4.39 Å². The van der Waals surface area contributed by atoms with Gasteiger partial charge in [-0.05, 0) is 69.4 Å². The zero-order chi connectivity index (χ0) is 28.7. The smallest absolute Gasteiger partial charge is 0.341 e. The molecule has 1 N–H and O–H groups in total. The SMILES string of the molecule is CC1(C)c2ccc(C3CN(c4cc5c(cc4F)c(=O)c(C(=O)O)cn5C4CC4)CCN3C=O)cc2C(C)(C)N1[O]. The lowest BCUT2D eigenvalue weighted by atomic mass is 9.87. The van der Waals surface area contributed by atoms with E-state index in [-0.39, 0.29) is 23.0 Å². The van der Waals surface area contributed by atoms with Crippen LogP contribution in [0.5, 0.6) is 0 Å². The van der Waals surface area contributed by atoms with Gasteiger partial charge in [0.2, 0.25) is 11.8 Å². The molecule has 40 heavy (non-hydrogen) atoms. The molecule has 1 radical (unpaired) electrons. The number of piperazine rings is 1. The molecule has 2 aromatic carbocycles. The molecule has 1 aliphatic carbocycles. The second kappa shape index (κ2) is 8.87. The Morgan fingerprint density at radius 3 is 2.40 bits per heavy atom. The van der Waals surface area contributed by atoms with E-state index in [0.29, 0.717) is 30.8 Å². The van der Waals surface area contributed by atoms with E-state index in [1.165, 1.54) is 6.20 Å². The predicted octanol–water partition coefficient (Wildman–Crippen LogP) is 4.32. The van der Waals surface area contributed by atoms with Crippen molar-refractivity contribution in [1.82, 2.24) is 14.5 Å². The minimum absolute atomic E-state index is 0.0433. The molecule has 209 valence electrons. The Kier molecular flexibility index (Phi) is 5.87. The minimum atomic E-state index is -1.33. The number of hydrogen-bond donors (Lipinski definition) is 1. The number of anilines is 1. The number of carbonyl (C=O) groups is 2. The van der Waals surface area contributed by atoms with Crippen LogP contribution in [0.2, 0.25) is 0 Å². The highest BCUT2D eigenvalue weighted by atomic mass is 19.1. The Labute approximate surface area is 231 Å². The maximum Gasteiger partial charge on any atom is 0.341 e. The third kappa shape index (κ3) is 3.84. The van der Waals surface area contributed by atoms with Gasteiger partial charge < -0.3 is 19.5 Å². The van der Waals surface area contributed by atoms with Gasteiger partial charge in [0, 0.05) is 37.3 Å². The van der Waals surface area contributed by atoms with E-state index in [9.17, 15) is 24.7 Å². The van der Waals surface area contributed by atoms with Gasteiger partial charge in [-0.2, -0.15) is 0 Å². The molecule has 0 spiro atoms. The van der Waals surface area contributed by atoms with Gasteiger partial charge in [-0.3, -0.25) is 9.59 Å². The van der Waals surface area contributed by atoms with Gasteiger partial charge in [-0.15, -0.1) is 10.3 Å². The molecule has 3 heterocycles. The molecule has 9 nitrogen and oxygen atoms in total. The van der Waals surface area contributed by atoms with Crippen molar-refractivity contribution in [2.75, 3.05) is 24.5 Å². The van der Waals surface area contributed by atoms with Gasteiger partial charge in [-0.1, -0.05) is 18.2 Å². The summed E-state index contributed by atoms with van der Waals surface area (Å²) in [5, 5.41) is 23.8. The van der Waals surface area contributed by atoms with Crippen molar-refractivity contribution in [3.63, 3.8) is 0 Å². The predicted molar refractivity (Wildman–Crippen MR) is 146 cm³/mol. The van der Waals surface area contributed by atoms with Crippen LogP contribution in [0.3, 0.4) is 0 Å². The van der Waals surface area contributed by atoms with Crippen molar-refractivity contribution in [2.45, 2.75) is 63.7 Å². The van der Waals surface area contributed by atoms with Crippen LogP contribution in [0, 0.1) is 5.82 Å². The average Bonchev–Trinajstić information content (AvgIpc) is 3.75. The number of halogens is 1. The number of hydrogen-bond acceptors (Lipinski definition) is 5. The number of benzene rings is 2. The molecule has 1 unspecified atom stereocenters. The number of hydroxylamine groups is 2. The van der Waals surface area contributed by atoms with Crippen LogP contribution in [0.4, 0.5) is 10.1 Å². The van der Waals surface area contributed by atoms with Crippen molar-refractivity contribution in [2.24, 2.45) is 0 Å². The van der Waals surface area contributed by atoms with Crippen molar-refractivity contribution in [1.29, 1.82) is 0 Å². The number of carbonyl (C=O) groups excluding carboxylic acids is 1. The van der Waals surface area contributed by atoms with Crippen LogP contribution < -0.4 is 10.3 Å². The first-order chi connectivity index (χ1) is 18.9. The summed E-state index contributed by atoms with van der Waals surface area (Å²) in [5.74, 6) is -1.95. The van der Waals surface area contributed by atoms with E-state index in [1.54, 1.807) is 15.5 Å². The van der Waals surface area contributed by atoms with E-state index in [4.69, 9.17) is 0 Å². The summed E-state index contributed by atoms with van der Waals surface area (Å²) in [6.07, 6.45) is 3.89. The molecule has 3 aliphatic rings. The Morgan fingerprint density at radius 1 is 1.05 bits per heavy atom. The summed E-state index contributed by atoms with van der Waals surface area (Å²) in [5.41, 5.74) is 1.00. The zero-order valence-electron chi connectivity index (χ0n) is 23.0. The third-order valence-corrected chi connectivity index (χ3v) is 8.93. The third-order valence-electron chi connectivity index (χ3n) is 8.93. The van der Waals surface area contributed by atoms with E-state index in [0.717, 1.165) is 47.1 Å². The zero-order valence-corrected chi connectivity index (χ0v) is 23.0. The van der Waals surface area contributed by atoms with E-state index in [2.05, 4.69) is 0 Å². The second-order valence-corrected chi connectivity index (χ2v) is 12.2. The molecule has 2 fully saturated rings. The molecule has 2 aliphatic heterocycles. The summed E-state index contributed by atoms with van der Waals surface area (Å²) < 4.78 is 17.4. The molecule has 1 atom stereocenters. The first-order valence-electron chi connectivity index (χ1n) is 13.6. The summed E-state index contributed by atoms with van der Waals surface area (Å²) in [6.45, 7) is 8.64. The fraction of sp³-hybridized carbons (Fsp3) is 0.433. The van der Waals surface area contributed by atoms with Gasteiger partial charge in [-0.25, -0.2) is 9.18 Å². The summed E-state index contributed by atoms with van der Waals surface area (Å²) in [4.78, 5) is 40.2. The van der Waals surface area contributed by atoms with Gasteiger partial charge in [0.25, 0.3) is 0 Å². The van der Waals surface area contributed by atoms with Crippen LogP contribution in [0.1, 0.15) is 79.7 Å². The molecule has 0 bridgehead atoms. The minimum Gasteiger partial charge on any atom is -0.477 e. The number of aromatic nitrogens is 1. The van der Waals surface area contributed by atoms with Gasteiger partial charge in [0.05, 0.1) is 28.3 Å². The van der Waals surface area contributed by atoms with Crippen LogP contribution in [0.15, 0.2) is 41.3 Å². The van der Waals surface area contributed by atoms with Crippen molar-refractivity contribution in [3.05, 3.63) is 74.8 Å². The molecule has 1 aromatic heterocycles. The molecule has 3 aromatic rings. The van der Waals surface area contributed by atoms with Crippen molar-refractivity contribution >= 4 is 29.0 Å². The van der Waals surface area contributed by atoms with Crippen molar-refractivity contribution in [3.8, 4) is 0 Å². The molecule has 6 rings (SSSR count).